The van der Waals surface area contributed by atoms with Gasteiger partial charge in [0, 0.05) is 0 Å². The molecule has 0 rings (SSSR count). The molecule has 0 spiro atoms. The minimum absolute atomic E-state index is 0.171. The third kappa shape index (κ3) is 4.17. The summed E-state index contributed by atoms with van der Waals surface area (Å²) in [7, 11) is 0. The second-order valence-electron chi connectivity index (χ2n) is 1.41. The van der Waals surface area contributed by atoms with Crippen molar-refractivity contribution in [1.82, 2.24) is 0 Å². The summed E-state index contributed by atoms with van der Waals surface area (Å²) in [5.74, 6) is 1.42. The minimum atomic E-state index is -1.54. The molecule has 0 aliphatic heterocycles. The molecular formula is C6H10F2S2. The minimum Gasteiger partial charge on any atom is -0.172 e. The zero-order valence-electron chi connectivity index (χ0n) is 5.99. The first-order valence-corrected chi connectivity index (χ1v) is 5.00. The van der Waals surface area contributed by atoms with Crippen LogP contribution in [0.5, 0.6) is 0 Å². The van der Waals surface area contributed by atoms with Crippen molar-refractivity contribution in [2.45, 2.75) is 13.8 Å². The van der Waals surface area contributed by atoms with Crippen LogP contribution in [0.3, 0.4) is 0 Å². The Morgan fingerprint density at radius 2 is 1.50 bits per heavy atom. The first-order chi connectivity index (χ1) is 4.72. The molecule has 0 aromatic carbocycles. The highest BCUT2D eigenvalue weighted by Crippen LogP contribution is 2.32. The van der Waals surface area contributed by atoms with E-state index in [0.29, 0.717) is 11.5 Å². The van der Waals surface area contributed by atoms with E-state index in [1.165, 1.54) is 23.5 Å². The maximum atomic E-state index is 11.9. The molecule has 0 bridgehead atoms. The molecule has 0 amide bonds. The van der Waals surface area contributed by atoms with Crippen molar-refractivity contribution in [2.24, 2.45) is 0 Å². The standard InChI is InChI=1S/C6H10F2S2/c1-3-9-6(5(7)8)10-4-2/h3-4H2,1-2H3. The molecule has 0 saturated carbocycles. The van der Waals surface area contributed by atoms with Gasteiger partial charge in [0.05, 0.1) is 0 Å². The van der Waals surface area contributed by atoms with Gasteiger partial charge in [-0.3, -0.25) is 0 Å². The summed E-state index contributed by atoms with van der Waals surface area (Å²) >= 11 is 2.40. The van der Waals surface area contributed by atoms with Gasteiger partial charge in [0.2, 0.25) is 0 Å². The molecule has 4 heteroatoms. The highest BCUT2D eigenvalue weighted by atomic mass is 32.2. The van der Waals surface area contributed by atoms with E-state index in [0.717, 1.165) is 0 Å². The van der Waals surface area contributed by atoms with Crippen molar-refractivity contribution in [2.75, 3.05) is 11.5 Å². The van der Waals surface area contributed by atoms with Gasteiger partial charge in [0.1, 0.15) is 4.24 Å². The third-order valence-electron chi connectivity index (χ3n) is 0.705. The van der Waals surface area contributed by atoms with Crippen LogP contribution in [0, 0.1) is 0 Å². The summed E-state index contributed by atoms with van der Waals surface area (Å²) in [4.78, 5) is 0. The van der Waals surface area contributed by atoms with E-state index in [1.54, 1.807) is 0 Å². The lowest BCUT2D eigenvalue weighted by atomic mass is 11.0. The zero-order valence-corrected chi connectivity index (χ0v) is 7.62. The Morgan fingerprint density at radius 3 is 1.70 bits per heavy atom. The lowest BCUT2D eigenvalue weighted by molar-refractivity contribution is 0.422. The Hall–Kier alpha value is 0.300. The highest BCUT2D eigenvalue weighted by Gasteiger charge is 2.04. The second kappa shape index (κ2) is 6.04. The molecule has 0 fully saturated rings. The van der Waals surface area contributed by atoms with Crippen molar-refractivity contribution >= 4 is 23.5 Å². The maximum absolute atomic E-state index is 11.9. The first kappa shape index (κ1) is 10.3. The summed E-state index contributed by atoms with van der Waals surface area (Å²) < 4.78 is 24.0. The lowest BCUT2D eigenvalue weighted by Crippen LogP contribution is -1.75. The van der Waals surface area contributed by atoms with Crippen molar-refractivity contribution in [3.8, 4) is 0 Å². The van der Waals surface area contributed by atoms with Crippen LogP contribution in [0.2, 0.25) is 0 Å². The van der Waals surface area contributed by atoms with Crippen LogP contribution in [-0.2, 0) is 0 Å². The molecule has 0 radical (unpaired) electrons. The molecule has 0 nitrogen and oxygen atoms in total. The first-order valence-electron chi connectivity index (χ1n) is 3.03. The number of thioether (sulfide) groups is 2. The fourth-order valence-corrected chi connectivity index (χ4v) is 2.20. The highest BCUT2D eigenvalue weighted by molar-refractivity contribution is 8.22. The van der Waals surface area contributed by atoms with Crippen molar-refractivity contribution in [1.29, 1.82) is 0 Å². The van der Waals surface area contributed by atoms with Gasteiger partial charge in [-0.05, 0) is 11.5 Å². The number of rotatable bonds is 4. The molecule has 0 N–H and O–H groups in total. The molecule has 0 aliphatic rings. The van der Waals surface area contributed by atoms with Gasteiger partial charge in [0.25, 0.3) is 6.08 Å². The summed E-state index contributed by atoms with van der Waals surface area (Å²) in [5.41, 5.74) is 0. The van der Waals surface area contributed by atoms with Crippen LogP contribution < -0.4 is 0 Å². The predicted octanol–water partition coefficient (Wildman–Crippen LogP) is 3.56. The lowest BCUT2D eigenvalue weighted by Gasteiger charge is -1.99. The molecule has 0 heterocycles. The Balaban J connectivity index is 3.86. The van der Waals surface area contributed by atoms with Gasteiger partial charge < -0.3 is 0 Å². The van der Waals surface area contributed by atoms with E-state index in [4.69, 9.17) is 0 Å². The van der Waals surface area contributed by atoms with Crippen molar-refractivity contribution in [3.05, 3.63) is 10.3 Å². The van der Waals surface area contributed by atoms with Gasteiger partial charge >= 0.3 is 0 Å². The molecule has 0 aliphatic carbocycles. The Kier molecular flexibility index (Phi) is 6.22. The molecule has 0 aromatic heterocycles. The van der Waals surface area contributed by atoms with E-state index < -0.39 is 6.08 Å². The van der Waals surface area contributed by atoms with Gasteiger partial charge in [-0.1, -0.05) is 13.8 Å². The van der Waals surface area contributed by atoms with Gasteiger partial charge in [0.15, 0.2) is 0 Å². The van der Waals surface area contributed by atoms with Crippen LogP contribution in [-0.4, -0.2) is 11.5 Å². The quantitative estimate of drug-likeness (QED) is 0.655. The maximum Gasteiger partial charge on any atom is 0.290 e. The van der Waals surface area contributed by atoms with E-state index in [2.05, 4.69) is 0 Å². The fraction of sp³-hybridized carbons (Fsp3) is 0.667. The van der Waals surface area contributed by atoms with Crippen LogP contribution in [0.15, 0.2) is 10.3 Å². The van der Waals surface area contributed by atoms with Crippen LogP contribution in [0.4, 0.5) is 8.78 Å². The number of hydrogen-bond donors (Lipinski definition) is 0. The van der Waals surface area contributed by atoms with Crippen LogP contribution in [0.1, 0.15) is 13.8 Å². The predicted molar refractivity (Wildman–Crippen MR) is 45.5 cm³/mol. The zero-order chi connectivity index (χ0) is 7.98. The van der Waals surface area contributed by atoms with E-state index in [9.17, 15) is 8.78 Å². The third-order valence-corrected chi connectivity index (χ3v) is 2.82. The molecule has 0 aromatic rings. The Bertz CT molecular complexity index is 111. The molecule has 60 valence electrons. The second-order valence-corrected chi connectivity index (χ2v) is 4.22. The SMILES string of the molecule is CCSC(SCC)=C(F)F. The molecule has 0 atom stereocenters. The Labute approximate surface area is 68.5 Å². The number of hydrogen-bond acceptors (Lipinski definition) is 2. The fourth-order valence-electron chi connectivity index (χ4n) is 0.413. The van der Waals surface area contributed by atoms with Crippen LogP contribution in [0.25, 0.3) is 0 Å². The van der Waals surface area contributed by atoms with Gasteiger partial charge in [-0.2, -0.15) is 8.78 Å². The van der Waals surface area contributed by atoms with Crippen LogP contribution >= 0.6 is 23.5 Å². The summed E-state index contributed by atoms with van der Waals surface area (Å²) in [6, 6.07) is 0. The molecular weight excluding hydrogens is 174 g/mol. The molecule has 10 heavy (non-hydrogen) atoms. The normalized spacial score (nSPS) is 9.60. The van der Waals surface area contributed by atoms with Crippen molar-refractivity contribution < 1.29 is 8.78 Å². The monoisotopic (exact) mass is 184 g/mol. The average Bonchev–Trinajstić information content (AvgIpc) is 1.87. The van der Waals surface area contributed by atoms with Gasteiger partial charge in [-0.25, -0.2) is 0 Å². The summed E-state index contributed by atoms with van der Waals surface area (Å²) in [6.07, 6.45) is -1.54. The molecule has 0 unspecified atom stereocenters. The Morgan fingerprint density at radius 1 is 1.10 bits per heavy atom. The number of halogens is 2. The largest absolute Gasteiger partial charge is 0.290 e. The van der Waals surface area contributed by atoms with E-state index >= 15 is 0 Å². The van der Waals surface area contributed by atoms with E-state index in [-0.39, 0.29) is 4.24 Å². The van der Waals surface area contributed by atoms with Crippen molar-refractivity contribution in [3.63, 3.8) is 0 Å². The average molecular weight is 184 g/mol. The smallest absolute Gasteiger partial charge is 0.172 e. The molecule has 0 saturated heterocycles. The van der Waals surface area contributed by atoms with E-state index in [1.807, 2.05) is 13.8 Å². The summed E-state index contributed by atoms with van der Waals surface area (Å²) in [6.45, 7) is 3.73. The topological polar surface area (TPSA) is 0 Å². The summed E-state index contributed by atoms with van der Waals surface area (Å²) in [5, 5.41) is 0. The van der Waals surface area contributed by atoms with Gasteiger partial charge in [-0.15, -0.1) is 23.5 Å².